The highest BCUT2D eigenvalue weighted by atomic mass is 19.1. The van der Waals surface area contributed by atoms with Crippen LogP contribution in [0.25, 0.3) is 50.8 Å². The molecule has 1 N–H and O–H groups in total. The molecule has 0 bridgehead atoms. The van der Waals surface area contributed by atoms with Crippen molar-refractivity contribution >= 4 is 11.0 Å². The molecule has 4 heterocycles. The molecule has 0 aliphatic rings. The first kappa shape index (κ1) is 21.6. The van der Waals surface area contributed by atoms with Crippen LogP contribution >= 0.6 is 0 Å². The zero-order valence-electron chi connectivity index (χ0n) is 19.5. The summed E-state index contributed by atoms with van der Waals surface area (Å²) in [5, 5.41) is 0. The van der Waals surface area contributed by atoms with Crippen molar-refractivity contribution in [3.05, 3.63) is 101 Å². The first-order chi connectivity index (χ1) is 17.5. The molecule has 9 heteroatoms. The fourth-order valence-corrected chi connectivity index (χ4v) is 4.35. The number of fused-ring (bicyclic) bond motifs is 1. The van der Waals surface area contributed by atoms with E-state index in [1.807, 2.05) is 24.3 Å². The third kappa shape index (κ3) is 3.49. The summed E-state index contributed by atoms with van der Waals surface area (Å²) in [6, 6.07) is 14.3. The topological polar surface area (TPSA) is 94.3 Å². The first-order valence-electron chi connectivity index (χ1n) is 11.3. The van der Waals surface area contributed by atoms with Crippen LogP contribution in [0.1, 0.15) is 5.56 Å². The second-order valence-corrected chi connectivity index (χ2v) is 8.46. The van der Waals surface area contributed by atoms with Crippen molar-refractivity contribution in [1.82, 2.24) is 34.1 Å². The molecule has 0 radical (unpaired) electrons. The molecule has 36 heavy (non-hydrogen) atoms. The van der Waals surface area contributed by atoms with E-state index < -0.39 is 0 Å². The molecule has 0 fully saturated rings. The van der Waals surface area contributed by atoms with Crippen molar-refractivity contribution in [3.63, 3.8) is 0 Å². The summed E-state index contributed by atoms with van der Waals surface area (Å²) < 4.78 is 17.3. The monoisotopic (exact) mass is 477 g/mol. The van der Waals surface area contributed by atoms with Gasteiger partial charge in [0.05, 0.1) is 40.5 Å². The van der Waals surface area contributed by atoms with E-state index in [9.17, 15) is 9.18 Å². The van der Waals surface area contributed by atoms with Crippen LogP contribution in [0.4, 0.5) is 4.39 Å². The van der Waals surface area contributed by atoms with E-state index in [2.05, 4.69) is 19.9 Å². The van der Waals surface area contributed by atoms with Crippen LogP contribution in [0.2, 0.25) is 0 Å². The van der Waals surface area contributed by atoms with Crippen LogP contribution in [0.15, 0.2) is 84.3 Å². The van der Waals surface area contributed by atoms with Crippen LogP contribution in [-0.2, 0) is 7.05 Å². The molecular weight excluding hydrogens is 457 g/mol. The summed E-state index contributed by atoms with van der Waals surface area (Å²) in [5.74, 6) is 0.259. The number of aryl methyl sites for hydroxylation is 2. The molecule has 176 valence electrons. The number of pyridine rings is 1. The number of aromatic nitrogens is 7. The van der Waals surface area contributed by atoms with Crippen LogP contribution < -0.4 is 5.69 Å². The highest BCUT2D eigenvalue weighted by molar-refractivity contribution is 5.88. The van der Waals surface area contributed by atoms with Gasteiger partial charge in [-0.15, -0.1) is 0 Å². The number of halogens is 1. The van der Waals surface area contributed by atoms with Gasteiger partial charge < -0.3 is 4.98 Å². The van der Waals surface area contributed by atoms with Crippen molar-refractivity contribution in [2.75, 3.05) is 0 Å². The van der Waals surface area contributed by atoms with E-state index in [-0.39, 0.29) is 11.5 Å². The lowest BCUT2D eigenvalue weighted by atomic mass is 10.0. The number of hydrogen-bond donors (Lipinski definition) is 1. The Kier molecular flexibility index (Phi) is 5.03. The molecule has 0 aliphatic heterocycles. The lowest BCUT2D eigenvalue weighted by molar-refractivity contribution is 0.619. The second-order valence-electron chi connectivity index (χ2n) is 8.46. The first-order valence-corrected chi connectivity index (χ1v) is 11.3. The lowest BCUT2D eigenvalue weighted by Crippen LogP contribution is -2.20. The standard InChI is InChI=1S/C27H20FN7O/c1-16-12-17(5-7-20(16)28)24-25(33-26(32-24)21-15-30-10-11-31-21)18-6-8-22-23(13-18)34(2)27(36)35(22)19-4-3-9-29-14-19/h3-15H,1-2H3,(H,32,33). The Bertz CT molecular complexity index is 1790. The minimum atomic E-state index is -0.279. The van der Waals surface area contributed by atoms with E-state index in [4.69, 9.17) is 4.98 Å². The Morgan fingerprint density at radius 3 is 2.50 bits per heavy atom. The van der Waals surface area contributed by atoms with Crippen molar-refractivity contribution in [2.24, 2.45) is 7.05 Å². The van der Waals surface area contributed by atoms with Crippen molar-refractivity contribution in [1.29, 1.82) is 0 Å². The van der Waals surface area contributed by atoms with Crippen LogP contribution in [0.5, 0.6) is 0 Å². The molecule has 0 saturated carbocycles. The van der Waals surface area contributed by atoms with E-state index in [0.717, 1.165) is 27.9 Å². The number of nitrogens with zero attached hydrogens (tertiary/aromatic N) is 6. The van der Waals surface area contributed by atoms with Gasteiger partial charge in [-0.1, -0.05) is 6.07 Å². The third-order valence-corrected chi connectivity index (χ3v) is 6.19. The third-order valence-electron chi connectivity index (χ3n) is 6.19. The molecule has 0 spiro atoms. The second kappa shape index (κ2) is 8.38. The Hall–Kier alpha value is -4.92. The van der Waals surface area contributed by atoms with Crippen LogP contribution in [-0.4, -0.2) is 34.1 Å². The average molecular weight is 478 g/mol. The highest BCUT2D eigenvalue weighted by Crippen LogP contribution is 2.34. The minimum absolute atomic E-state index is 0.172. The van der Waals surface area contributed by atoms with Gasteiger partial charge in [-0.25, -0.2) is 19.2 Å². The molecule has 2 aromatic carbocycles. The molecule has 8 nitrogen and oxygen atoms in total. The van der Waals surface area contributed by atoms with Gasteiger partial charge in [0, 0.05) is 36.8 Å². The summed E-state index contributed by atoms with van der Waals surface area (Å²) >= 11 is 0. The van der Waals surface area contributed by atoms with Crippen LogP contribution in [0.3, 0.4) is 0 Å². The van der Waals surface area contributed by atoms with E-state index in [1.54, 1.807) is 72.3 Å². The molecule has 0 saturated heterocycles. The number of H-pyrrole nitrogens is 1. The summed E-state index contributed by atoms with van der Waals surface area (Å²) in [6.07, 6.45) is 8.15. The van der Waals surface area contributed by atoms with Gasteiger partial charge in [-0.05, 0) is 55.0 Å². The number of rotatable bonds is 4. The Labute approximate surface area is 204 Å². The normalized spacial score (nSPS) is 11.3. The summed E-state index contributed by atoms with van der Waals surface area (Å²) in [7, 11) is 1.74. The maximum absolute atomic E-state index is 14.0. The molecule has 6 rings (SSSR count). The van der Waals surface area contributed by atoms with E-state index in [1.165, 1.54) is 6.07 Å². The molecule has 0 aliphatic carbocycles. The molecule has 0 amide bonds. The van der Waals surface area contributed by atoms with Gasteiger partial charge in [0.2, 0.25) is 0 Å². The zero-order chi connectivity index (χ0) is 24.8. The molecule has 0 unspecified atom stereocenters. The maximum Gasteiger partial charge on any atom is 0.333 e. The van der Waals surface area contributed by atoms with Gasteiger partial charge >= 0.3 is 5.69 Å². The van der Waals surface area contributed by atoms with Gasteiger partial charge in [0.25, 0.3) is 0 Å². The Morgan fingerprint density at radius 1 is 0.917 bits per heavy atom. The average Bonchev–Trinajstić information content (AvgIpc) is 3.46. The molecule has 0 atom stereocenters. The number of benzene rings is 2. The predicted molar refractivity (Wildman–Crippen MR) is 135 cm³/mol. The van der Waals surface area contributed by atoms with Gasteiger partial charge in [0.1, 0.15) is 11.5 Å². The maximum atomic E-state index is 14.0. The number of imidazole rings is 2. The summed E-state index contributed by atoms with van der Waals surface area (Å²) in [6.45, 7) is 1.72. The smallest absolute Gasteiger partial charge is 0.333 e. The van der Waals surface area contributed by atoms with E-state index in [0.29, 0.717) is 28.5 Å². The number of hydrogen-bond acceptors (Lipinski definition) is 5. The Morgan fingerprint density at radius 2 is 1.75 bits per heavy atom. The number of nitrogens with one attached hydrogen (secondary N) is 1. The largest absolute Gasteiger partial charge is 0.336 e. The quantitative estimate of drug-likeness (QED) is 0.398. The molecular formula is C27H20FN7O. The molecule has 4 aromatic heterocycles. The predicted octanol–water partition coefficient (Wildman–Crippen LogP) is 4.69. The van der Waals surface area contributed by atoms with Gasteiger partial charge in [-0.3, -0.25) is 19.1 Å². The van der Waals surface area contributed by atoms with Crippen molar-refractivity contribution in [2.45, 2.75) is 6.92 Å². The van der Waals surface area contributed by atoms with Gasteiger partial charge in [-0.2, -0.15) is 0 Å². The summed E-state index contributed by atoms with van der Waals surface area (Å²) in [4.78, 5) is 34.0. The lowest BCUT2D eigenvalue weighted by Gasteiger charge is -2.07. The molecule has 6 aromatic rings. The highest BCUT2D eigenvalue weighted by Gasteiger charge is 2.19. The van der Waals surface area contributed by atoms with Crippen molar-refractivity contribution < 1.29 is 4.39 Å². The fraction of sp³-hybridized carbons (Fsp3) is 0.0741. The van der Waals surface area contributed by atoms with Crippen LogP contribution in [0, 0.1) is 12.7 Å². The summed E-state index contributed by atoms with van der Waals surface area (Å²) in [5.41, 5.74) is 6.08. The minimum Gasteiger partial charge on any atom is -0.336 e. The zero-order valence-corrected chi connectivity index (χ0v) is 19.5. The van der Waals surface area contributed by atoms with Crippen molar-refractivity contribution in [3.8, 4) is 39.7 Å². The number of aromatic amines is 1. The fourth-order valence-electron chi connectivity index (χ4n) is 4.35. The Balaban J connectivity index is 1.57. The van der Waals surface area contributed by atoms with E-state index >= 15 is 0 Å². The SMILES string of the molecule is Cc1cc(-c2nc(-c3cnccn3)[nH]c2-c2ccc3c(c2)n(C)c(=O)n3-c2cccnc2)ccc1F. The van der Waals surface area contributed by atoms with Gasteiger partial charge in [0.15, 0.2) is 5.82 Å².